The van der Waals surface area contributed by atoms with Gasteiger partial charge >= 0.3 is 6.09 Å². The first-order valence-corrected chi connectivity index (χ1v) is 7.88. The highest BCUT2D eigenvalue weighted by atomic mass is 16.6. The number of cyclic esters (lactones) is 1. The lowest BCUT2D eigenvalue weighted by Crippen LogP contribution is -2.28. The summed E-state index contributed by atoms with van der Waals surface area (Å²) in [6.45, 7) is 5.17. The van der Waals surface area contributed by atoms with Crippen LogP contribution in [-0.4, -0.2) is 46.4 Å². The number of benzene rings is 1. The number of hydrogen-bond donors (Lipinski definition) is 1. The molecule has 2 aromatic rings. The van der Waals surface area contributed by atoms with Gasteiger partial charge in [-0.15, -0.1) is 0 Å². The maximum Gasteiger partial charge on any atom is 0.409 e. The van der Waals surface area contributed by atoms with E-state index in [0.717, 1.165) is 16.9 Å². The van der Waals surface area contributed by atoms with Gasteiger partial charge in [-0.3, -0.25) is 4.79 Å². The van der Waals surface area contributed by atoms with Crippen LogP contribution in [0.15, 0.2) is 30.3 Å². The first-order chi connectivity index (χ1) is 11.5. The largest absolute Gasteiger partial charge is 0.448 e. The molecule has 126 valence electrons. The molecule has 2 heterocycles. The standard InChI is InChI=1S/C17H20N4O3/c1-12-3-5-14(6-4-12)21-15(11-13(2)19-21)18-16(22)7-8-20-9-10-24-17(20)23/h3-6,11H,7-10H2,1-2H3,(H,18,22). The van der Waals surface area contributed by atoms with Crippen LogP contribution in [-0.2, 0) is 9.53 Å². The molecular formula is C17H20N4O3. The molecule has 24 heavy (non-hydrogen) atoms. The number of ether oxygens (including phenoxy) is 1. The lowest BCUT2D eigenvalue weighted by Gasteiger charge is -2.13. The smallest absolute Gasteiger partial charge is 0.409 e. The molecule has 1 saturated heterocycles. The Morgan fingerprint density at radius 3 is 2.71 bits per heavy atom. The van der Waals surface area contributed by atoms with Gasteiger partial charge in [0.2, 0.25) is 5.91 Å². The molecule has 1 fully saturated rings. The van der Waals surface area contributed by atoms with Crippen LogP contribution in [0, 0.1) is 13.8 Å². The van der Waals surface area contributed by atoms with Crippen LogP contribution in [0.25, 0.3) is 5.69 Å². The number of aryl methyl sites for hydroxylation is 2. The number of nitrogens with one attached hydrogen (secondary N) is 1. The third-order valence-corrected chi connectivity index (χ3v) is 3.83. The first kappa shape index (κ1) is 16.0. The molecule has 1 aromatic heterocycles. The second-order valence-corrected chi connectivity index (χ2v) is 5.82. The zero-order valence-corrected chi connectivity index (χ0v) is 13.8. The van der Waals surface area contributed by atoms with Crippen LogP contribution in [0.5, 0.6) is 0 Å². The molecule has 0 spiro atoms. The van der Waals surface area contributed by atoms with Crippen molar-refractivity contribution in [1.82, 2.24) is 14.7 Å². The van der Waals surface area contributed by atoms with Crippen molar-refractivity contribution in [3.05, 3.63) is 41.6 Å². The van der Waals surface area contributed by atoms with Crippen LogP contribution >= 0.6 is 0 Å². The predicted molar refractivity (Wildman–Crippen MR) is 89.2 cm³/mol. The molecule has 0 aliphatic carbocycles. The third-order valence-electron chi connectivity index (χ3n) is 3.83. The molecule has 0 radical (unpaired) electrons. The van der Waals surface area contributed by atoms with E-state index < -0.39 is 0 Å². The van der Waals surface area contributed by atoms with Crippen LogP contribution in [0.3, 0.4) is 0 Å². The highest BCUT2D eigenvalue weighted by molar-refractivity contribution is 5.90. The Morgan fingerprint density at radius 2 is 2.04 bits per heavy atom. The molecule has 1 N–H and O–H groups in total. The Balaban J connectivity index is 1.67. The van der Waals surface area contributed by atoms with Gasteiger partial charge in [-0.2, -0.15) is 5.10 Å². The fourth-order valence-corrected chi connectivity index (χ4v) is 2.54. The molecule has 0 unspecified atom stereocenters. The van der Waals surface area contributed by atoms with Gasteiger partial charge in [0.15, 0.2) is 0 Å². The monoisotopic (exact) mass is 328 g/mol. The van der Waals surface area contributed by atoms with Crippen molar-refractivity contribution in [2.24, 2.45) is 0 Å². The summed E-state index contributed by atoms with van der Waals surface area (Å²) in [5.41, 5.74) is 2.85. The van der Waals surface area contributed by atoms with Gasteiger partial charge in [-0.05, 0) is 26.0 Å². The second-order valence-electron chi connectivity index (χ2n) is 5.82. The Labute approximate surface area is 140 Å². The van der Waals surface area contributed by atoms with E-state index in [-0.39, 0.29) is 18.4 Å². The molecule has 1 aliphatic rings. The van der Waals surface area contributed by atoms with E-state index in [1.165, 1.54) is 4.90 Å². The molecule has 7 nitrogen and oxygen atoms in total. The zero-order chi connectivity index (χ0) is 17.1. The molecule has 7 heteroatoms. The SMILES string of the molecule is Cc1ccc(-n2nc(C)cc2NC(=O)CCN2CCOC2=O)cc1. The number of rotatable bonds is 5. The normalized spacial score (nSPS) is 13.9. The summed E-state index contributed by atoms with van der Waals surface area (Å²) in [6, 6.07) is 9.73. The van der Waals surface area contributed by atoms with E-state index in [9.17, 15) is 9.59 Å². The average molecular weight is 328 g/mol. The van der Waals surface area contributed by atoms with Gasteiger partial charge in [0.25, 0.3) is 0 Å². The minimum atomic E-state index is -0.358. The molecule has 3 rings (SSSR count). The fraction of sp³-hybridized carbons (Fsp3) is 0.353. The minimum Gasteiger partial charge on any atom is -0.448 e. The molecule has 0 atom stereocenters. The number of carbonyl (C=O) groups is 2. The van der Waals surface area contributed by atoms with Crippen molar-refractivity contribution < 1.29 is 14.3 Å². The predicted octanol–water partition coefficient (Wildman–Crippen LogP) is 2.27. The maximum atomic E-state index is 12.2. The second kappa shape index (κ2) is 6.74. The highest BCUT2D eigenvalue weighted by Crippen LogP contribution is 2.18. The molecule has 1 aromatic carbocycles. The summed E-state index contributed by atoms with van der Waals surface area (Å²) < 4.78 is 6.55. The summed E-state index contributed by atoms with van der Waals surface area (Å²) >= 11 is 0. The Morgan fingerprint density at radius 1 is 1.29 bits per heavy atom. The Kier molecular flexibility index (Phi) is 4.50. The van der Waals surface area contributed by atoms with Gasteiger partial charge in [0.05, 0.1) is 17.9 Å². The number of nitrogens with zero attached hydrogens (tertiary/aromatic N) is 3. The molecule has 0 saturated carbocycles. The number of carbonyl (C=O) groups excluding carboxylic acids is 2. The molecular weight excluding hydrogens is 308 g/mol. The zero-order valence-electron chi connectivity index (χ0n) is 13.8. The topological polar surface area (TPSA) is 76.5 Å². The average Bonchev–Trinajstić information content (AvgIpc) is 3.12. The van der Waals surface area contributed by atoms with E-state index in [1.807, 2.05) is 44.2 Å². The highest BCUT2D eigenvalue weighted by Gasteiger charge is 2.22. The summed E-state index contributed by atoms with van der Waals surface area (Å²) in [5.74, 6) is 0.452. The summed E-state index contributed by atoms with van der Waals surface area (Å²) in [6.07, 6.45) is -0.143. The van der Waals surface area contributed by atoms with Crippen LogP contribution in [0.2, 0.25) is 0 Å². The maximum absolute atomic E-state index is 12.2. The fourth-order valence-electron chi connectivity index (χ4n) is 2.54. The first-order valence-electron chi connectivity index (χ1n) is 7.88. The quantitative estimate of drug-likeness (QED) is 0.913. The van der Waals surface area contributed by atoms with Gasteiger partial charge in [0.1, 0.15) is 12.4 Å². The van der Waals surface area contributed by atoms with Gasteiger partial charge in [-0.1, -0.05) is 17.7 Å². The van der Waals surface area contributed by atoms with Crippen molar-refractivity contribution in [3.8, 4) is 5.69 Å². The number of anilines is 1. The van der Waals surface area contributed by atoms with Crippen molar-refractivity contribution in [2.45, 2.75) is 20.3 Å². The van der Waals surface area contributed by atoms with Crippen LogP contribution in [0.4, 0.5) is 10.6 Å². The number of hydrogen-bond acceptors (Lipinski definition) is 4. The van der Waals surface area contributed by atoms with Crippen molar-refractivity contribution in [1.29, 1.82) is 0 Å². The van der Waals surface area contributed by atoms with Crippen molar-refractivity contribution >= 4 is 17.8 Å². The van der Waals surface area contributed by atoms with Gasteiger partial charge < -0.3 is 15.0 Å². The Bertz CT molecular complexity index is 752. The molecule has 2 amide bonds. The van der Waals surface area contributed by atoms with Gasteiger partial charge in [0, 0.05) is 19.0 Å². The molecule has 0 bridgehead atoms. The minimum absolute atomic E-state index is 0.164. The Hall–Kier alpha value is -2.83. The molecule has 1 aliphatic heterocycles. The summed E-state index contributed by atoms with van der Waals surface area (Å²) in [4.78, 5) is 25.1. The van der Waals surface area contributed by atoms with E-state index in [2.05, 4.69) is 10.4 Å². The lowest BCUT2D eigenvalue weighted by atomic mass is 10.2. The van der Waals surface area contributed by atoms with E-state index in [0.29, 0.717) is 25.5 Å². The number of amides is 2. The van der Waals surface area contributed by atoms with E-state index >= 15 is 0 Å². The number of aromatic nitrogens is 2. The van der Waals surface area contributed by atoms with Crippen LogP contribution < -0.4 is 5.32 Å². The van der Waals surface area contributed by atoms with Crippen molar-refractivity contribution in [2.75, 3.05) is 25.0 Å². The lowest BCUT2D eigenvalue weighted by molar-refractivity contribution is -0.116. The van der Waals surface area contributed by atoms with Crippen LogP contribution in [0.1, 0.15) is 17.7 Å². The van der Waals surface area contributed by atoms with Gasteiger partial charge in [-0.25, -0.2) is 9.48 Å². The third kappa shape index (κ3) is 3.56. The van der Waals surface area contributed by atoms with E-state index in [1.54, 1.807) is 4.68 Å². The summed E-state index contributed by atoms with van der Waals surface area (Å²) in [5, 5.41) is 7.30. The van der Waals surface area contributed by atoms with E-state index in [4.69, 9.17) is 4.74 Å². The van der Waals surface area contributed by atoms with Crippen molar-refractivity contribution in [3.63, 3.8) is 0 Å². The summed E-state index contributed by atoms with van der Waals surface area (Å²) in [7, 11) is 0.